The number of hydrogen-bond acceptors (Lipinski definition) is 4. The molecule has 4 rings (SSSR count). The number of benzene rings is 1. The number of hydrogen-bond donors (Lipinski definition) is 0. The van der Waals surface area contributed by atoms with Crippen LogP contribution in [-0.4, -0.2) is 47.0 Å². The van der Waals surface area contributed by atoms with Crippen LogP contribution in [0.4, 0.5) is 4.79 Å². The highest BCUT2D eigenvalue weighted by Crippen LogP contribution is 2.36. The monoisotopic (exact) mass is 448 g/mol. The van der Waals surface area contributed by atoms with Gasteiger partial charge in [0, 0.05) is 23.6 Å². The van der Waals surface area contributed by atoms with Crippen LogP contribution in [0.5, 0.6) is 0 Å². The van der Waals surface area contributed by atoms with Crippen molar-refractivity contribution in [3.63, 3.8) is 0 Å². The maximum absolute atomic E-state index is 12.7. The molecule has 2 amide bonds. The van der Waals surface area contributed by atoms with Crippen molar-refractivity contribution < 1.29 is 14.3 Å². The SMILES string of the molecule is C[C@H]1[C@@H](c2ccccc2)OC(=O)N1C1CCN(C(=O)c2sccc2Br)CC1. The first-order chi connectivity index (χ1) is 13.1. The number of thiophene rings is 1. The van der Waals surface area contributed by atoms with Crippen molar-refractivity contribution in [1.82, 2.24) is 9.80 Å². The van der Waals surface area contributed by atoms with Gasteiger partial charge >= 0.3 is 6.09 Å². The van der Waals surface area contributed by atoms with Gasteiger partial charge in [-0.05, 0) is 52.7 Å². The third-order valence-electron chi connectivity index (χ3n) is 5.40. The summed E-state index contributed by atoms with van der Waals surface area (Å²) in [6, 6.07) is 11.9. The van der Waals surface area contributed by atoms with E-state index in [-0.39, 0.29) is 30.2 Å². The fourth-order valence-electron chi connectivity index (χ4n) is 3.99. The van der Waals surface area contributed by atoms with Crippen LogP contribution in [0.1, 0.15) is 41.1 Å². The fraction of sp³-hybridized carbons (Fsp3) is 0.400. The molecule has 2 fully saturated rings. The molecule has 2 aromatic rings. The highest BCUT2D eigenvalue weighted by atomic mass is 79.9. The normalized spacial score (nSPS) is 23.6. The van der Waals surface area contributed by atoms with E-state index in [4.69, 9.17) is 4.74 Å². The van der Waals surface area contributed by atoms with Crippen LogP contribution in [0.3, 0.4) is 0 Å². The van der Waals surface area contributed by atoms with Crippen molar-refractivity contribution in [2.24, 2.45) is 0 Å². The van der Waals surface area contributed by atoms with E-state index in [1.165, 1.54) is 11.3 Å². The van der Waals surface area contributed by atoms with E-state index in [0.29, 0.717) is 13.1 Å². The molecule has 27 heavy (non-hydrogen) atoms. The zero-order valence-electron chi connectivity index (χ0n) is 15.0. The summed E-state index contributed by atoms with van der Waals surface area (Å²) in [5.74, 6) is 0.0644. The van der Waals surface area contributed by atoms with Gasteiger partial charge in [0.25, 0.3) is 5.91 Å². The number of carbonyl (C=O) groups is 2. The van der Waals surface area contributed by atoms with Crippen LogP contribution in [0.25, 0.3) is 0 Å². The van der Waals surface area contributed by atoms with Gasteiger partial charge in [0.05, 0.1) is 6.04 Å². The van der Waals surface area contributed by atoms with Crippen molar-refractivity contribution in [1.29, 1.82) is 0 Å². The Bertz CT molecular complexity index is 833. The maximum atomic E-state index is 12.7. The molecule has 2 saturated heterocycles. The molecule has 1 aromatic heterocycles. The van der Waals surface area contributed by atoms with Gasteiger partial charge in [0.2, 0.25) is 0 Å². The largest absolute Gasteiger partial charge is 0.439 e. The molecular weight excluding hydrogens is 428 g/mol. The Kier molecular flexibility index (Phi) is 5.23. The maximum Gasteiger partial charge on any atom is 0.411 e. The lowest BCUT2D eigenvalue weighted by atomic mass is 9.98. The molecule has 7 heteroatoms. The summed E-state index contributed by atoms with van der Waals surface area (Å²) in [7, 11) is 0. The first kappa shape index (κ1) is 18.5. The van der Waals surface area contributed by atoms with Crippen molar-refractivity contribution in [2.45, 2.75) is 38.0 Å². The molecule has 0 aliphatic carbocycles. The Morgan fingerprint density at radius 3 is 2.52 bits per heavy atom. The molecule has 3 heterocycles. The van der Waals surface area contributed by atoms with Gasteiger partial charge in [0.15, 0.2) is 0 Å². The van der Waals surface area contributed by atoms with Crippen molar-refractivity contribution in [3.8, 4) is 0 Å². The molecule has 2 aliphatic rings. The second-order valence-corrected chi connectivity index (χ2v) is 8.75. The molecule has 142 valence electrons. The number of carbonyl (C=O) groups excluding carboxylic acids is 2. The zero-order valence-corrected chi connectivity index (χ0v) is 17.4. The lowest BCUT2D eigenvalue weighted by Gasteiger charge is -2.37. The summed E-state index contributed by atoms with van der Waals surface area (Å²) >= 11 is 4.89. The van der Waals surface area contributed by atoms with Crippen LogP contribution in [0.2, 0.25) is 0 Å². The molecule has 2 atom stereocenters. The first-order valence-corrected chi connectivity index (χ1v) is 10.8. The lowest BCUT2D eigenvalue weighted by Crippen LogP contribution is -2.49. The molecule has 1 aromatic carbocycles. The van der Waals surface area contributed by atoms with E-state index in [1.54, 1.807) is 0 Å². The third kappa shape index (κ3) is 3.50. The van der Waals surface area contributed by atoms with Crippen LogP contribution < -0.4 is 0 Å². The number of ether oxygens (including phenoxy) is 1. The predicted molar refractivity (Wildman–Crippen MR) is 108 cm³/mol. The third-order valence-corrected chi connectivity index (χ3v) is 7.23. The minimum Gasteiger partial charge on any atom is -0.439 e. The summed E-state index contributed by atoms with van der Waals surface area (Å²) in [6.07, 6.45) is 1.06. The van der Waals surface area contributed by atoms with E-state index in [1.807, 2.05) is 58.5 Å². The number of halogens is 1. The second-order valence-electron chi connectivity index (χ2n) is 6.98. The van der Waals surface area contributed by atoms with E-state index >= 15 is 0 Å². The summed E-state index contributed by atoms with van der Waals surface area (Å²) < 4.78 is 6.53. The molecule has 2 aliphatic heterocycles. The number of nitrogens with zero attached hydrogens (tertiary/aromatic N) is 2. The summed E-state index contributed by atoms with van der Waals surface area (Å²) in [5, 5.41) is 1.91. The Morgan fingerprint density at radius 1 is 1.19 bits per heavy atom. The summed E-state index contributed by atoms with van der Waals surface area (Å²) in [5.41, 5.74) is 1.02. The number of likely N-dealkylation sites (tertiary alicyclic amines) is 1. The number of amides is 2. The first-order valence-electron chi connectivity index (χ1n) is 9.12. The van der Waals surface area contributed by atoms with Crippen LogP contribution in [0, 0.1) is 0 Å². The molecular formula is C20H21BrN2O3S. The van der Waals surface area contributed by atoms with Crippen LogP contribution >= 0.6 is 27.3 Å². The van der Waals surface area contributed by atoms with Crippen LogP contribution in [0.15, 0.2) is 46.3 Å². The standard InChI is InChI=1S/C20H21BrN2O3S/c1-13-17(14-5-3-2-4-6-14)26-20(25)23(13)15-7-10-22(11-8-15)19(24)18-16(21)9-12-27-18/h2-6,9,12-13,15,17H,7-8,10-11H2,1H3/t13-,17-/m0/s1. The van der Waals surface area contributed by atoms with Gasteiger partial charge in [-0.15, -0.1) is 11.3 Å². The van der Waals surface area contributed by atoms with E-state index in [9.17, 15) is 9.59 Å². The van der Waals surface area contributed by atoms with Gasteiger partial charge < -0.3 is 9.64 Å². The highest BCUT2D eigenvalue weighted by Gasteiger charge is 2.44. The second kappa shape index (κ2) is 7.64. The quantitative estimate of drug-likeness (QED) is 0.683. The van der Waals surface area contributed by atoms with Gasteiger partial charge in [0.1, 0.15) is 11.0 Å². The molecule has 0 saturated carbocycles. The van der Waals surface area contributed by atoms with Gasteiger partial charge in [-0.1, -0.05) is 30.3 Å². The Labute approximate surface area is 171 Å². The summed E-state index contributed by atoms with van der Waals surface area (Å²) in [4.78, 5) is 29.7. The number of rotatable bonds is 3. The van der Waals surface area contributed by atoms with Crippen molar-refractivity contribution in [3.05, 3.63) is 56.7 Å². The Hall–Kier alpha value is -1.86. The van der Waals surface area contributed by atoms with Crippen molar-refractivity contribution >= 4 is 39.3 Å². The van der Waals surface area contributed by atoms with E-state index < -0.39 is 0 Å². The van der Waals surface area contributed by atoms with E-state index in [0.717, 1.165) is 27.8 Å². The average Bonchev–Trinajstić information content (AvgIpc) is 3.25. The molecule has 0 N–H and O–H groups in total. The highest BCUT2D eigenvalue weighted by molar-refractivity contribution is 9.10. The Balaban J connectivity index is 1.41. The fourth-order valence-corrected chi connectivity index (χ4v) is 5.50. The molecule has 0 spiro atoms. The average molecular weight is 449 g/mol. The van der Waals surface area contributed by atoms with Crippen LogP contribution in [-0.2, 0) is 4.74 Å². The Morgan fingerprint density at radius 2 is 1.89 bits per heavy atom. The van der Waals surface area contributed by atoms with E-state index in [2.05, 4.69) is 15.9 Å². The molecule has 0 unspecified atom stereocenters. The topological polar surface area (TPSA) is 49.9 Å². The van der Waals surface area contributed by atoms with Gasteiger partial charge in [-0.25, -0.2) is 4.79 Å². The smallest absolute Gasteiger partial charge is 0.411 e. The number of cyclic esters (lactones) is 1. The van der Waals surface area contributed by atoms with Crippen molar-refractivity contribution in [2.75, 3.05) is 13.1 Å². The van der Waals surface area contributed by atoms with Gasteiger partial charge in [-0.3, -0.25) is 9.69 Å². The zero-order chi connectivity index (χ0) is 19.0. The summed E-state index contributed by atoms with van der Waals surface area (Å²) in [6.45, 7) is 3.35. The molecule has 0 radical (unpaired) electrons. The molecule has 0 bridgehead atoms. The predicted octanol–water partition coefficient (Wildman–Crippen LogP) is 4.70. The van der Waals surface area contributed by atoms with Gasteiger partial charge in [-0.2, -0.15) is 0 Å². The lowest BCUT2D eigenvalue weighted by molar-refractivity contribution is 0.0644. The minimum absolute atomic E-state index is 0.0152. The minimum atomic E-state index is -0.248. The molecule has 5 nitrogen and oxygen atoms in total. The number of piperidine rings is 1.